The van der Waals surface area contributed by atoms with Crippen LogP contribution in [-0.2, 0) is 13.6 Å². The summed E-state index contributed by atoms with van der Waals surface area (Å²) in [5.41, 5.74) is 2.22. The Morgan fingerprint density at radius 3 is 2.92 bits per heavy atom. The number of hydrogen-bond donors (Lipinski definition) is 1. The van der Waals surface area contributed by atoms with Crippen LogP contribution in [0.4, 0.5) is 0 Å². The first-order chi connectivity index (χ1) is 11.5. The molecule has 0 radical (unpaired) electrons. The van der Waals surface area contributed by atoms with Crippen molar-refractivity contribution in [1.29, 1.82) is 0 Å². The van der Waals surface area contributed by atoms with Gasteiger partial charge in [-0.3, -0.25) is 14.5 Å². The maximum Gasteiger partial charge on any atom is 0.126 e. The second-order valence-corrected chi connectivity index (χ2v) is 7.55. The number of aliphatic hydroxyl groups is 1. The lowest BCUT2D eigenvalue weighted by Gasteiger charge is -2.41. The second-order valence-electron chi connectivity index (χ2n) is 6.69. The number of aliphatic hydroxyl groups excluding tert-OH is 1. The number of aryl methyl sites for hydroxylation is 1. The summed E-state index contributed by atoms with van der Waals surface area (Å²) in [5.74, 6) is 0. The lowest BCUT2D eigenvalue weighted by Crippen LogP contribution is -2.54. The molecule has 1 saturated heterocycles. The first-order valence-electron chi connectivity index (χ1n) is 8.63. The van der Waals surface area contributed by atoms with E-state index in [2.05, 4.69) is 27.2 Å². The van der Waals surface area contributed by atoms with Crippen LogP contribution in [-0.4, -0.2) is 68.0 Å². The topological polar surface area (TPSA) is 57.4 Å². The Labute approximate surface area is 147 Å². The Kier molecular flexibility index (Phi) is 5.65. The predicted octanol–water partition coefficient (Wildman–Crippen LogP) is 1.82. The third-order valence-corrected chi connectivity index (χ3v) is 5.49. The molecular formula is C17H27N5OS. The van der Waals surface area contributed by atoms with E-state index in [0.29, 0.717) is 6.04 Å². The molecule has 1 aliphatic heterocycles. The van der Waals surface area contributed by atoms with Crippen LogP contribution in [0.25, 0.3) is 10.6 Å². The standard InChI is InChI=1S/C17H27N5OS/c1-4-16-11-21(5-6-22(16)8-13(2)23)10-15-12-24-17(19-15)14-7-18-20(3)9-14/h7,9,12-13,16,23H,4-6,8,10-11H2,1-3H3. The fourth-order valence-electron chi connectivity index (χ4n) is 3.34. The molecule has 0 bridgehead atoms. The zero-order valence-corrected chi connectivity index (χ0v) is 15.5. The lowest BCUT2D eigenvalue weighted by atomic mass is 10.1. The van der Waals surface area contributed by atoms with Crippen LogP contribution in [0.3, 0.4) is 0 Å². The van der Waals surface area contributed by atoms with Crippen LogP contribution in [0.15, 0.2) is 17.8 Å². The van der Waals surface area contributed by atoms with Gasteiger partial charge in [0.05, 0.1) is 18.0 Å². The molecule has 0 amide bonds. The highest BCUT2D eigenvalue weighted by Gasteiger charge is 2.26. The third-order valence-electron chi connectivity index (χ3n) is 4.55. The van der Waals surface area contributed by atoms with E-state index in [1.807, 2.05) is 31.0 Å². The van der Waals surface area contributed by atoms with E-state index in [0.717, 1.165) is 55.4 Å². The zero-order valence-electron chi connectivity index (χ0n) is 14.7. The van der Waals surface area contributed by atoms with Gasteiger partial charge in [-0.15, -0.1) is 11.3 Å². The van der Waals surface area contributed by atoms with E-state index in [4.69, 9.17) is 4.98 Å². The zero-order chi connectivity index (χ0) is 17.1. The Morgan fingerprint density at radius 2 is 2.25 bits per heavy atom. The maximum atomic E-state index is 9.66. The smallest absolute Gasteiger partial charge is 0.126 e. The molecular weight excluding hydrogens is 322 g/mol. The van der Waals surface area contributed by atoms with Crippen molar-refractivity contribution in [3.63, 3.8) is 0 Å². The quantitative estimate of drug-likeness (QED) is 0.862. The Balaban J connectivity index is 1.60. The van der Waals surface area contributed by atoms with E-state index in [9.17, 15) is 5.11 Å². The van der Waals surface area contributed by atoms with Crippen molar-refractivity contribution in [3.8, 4) is 10.6 Å². The number of rotatable bonds is 6. The van der Waals surface area contributed by atoms with E-state index < -0.39 is 0 Å². The summed E-state index contributed by atoms with van der Waals surface area (Å²) >= 11 is 1.69. The molecule has 0 saturated carbocycles. The van der Waals surface area contributed by atoms with Crippen molar-refractivity contribution in [2.45, 2.75) is 39.0 Å². The molecule has 3 rings (SSSR count). The summed E-state index contributed by atoms with van der Waals surface area (Å²) in [4.78, 5) is 9.68. The molecule has 0 spiro atoms. The van der Waals surface area contributed by atoms with Crippen molar-refractivity contribution in [1.82, 2.24) is 24.6 Å². The number of aromatic nitrogens is 3. The van der Waals surface area contributed by atoms with Gasteiger partial charge in [0.2, 0.25) is 0 Å². The summed E-state index contributed by atoms with van der Waals surface area (Å²) in [7, 11) is 1.93. The molecule has 132 valence electrons. The van der Waals surface area contributed by atoms with Crippen molar-refractivity contribution in [2.24, 2.45) is 7.05 Å². The molecule has 7 heteroatoms. The summed E-state index contributed by atoms with van der Waals surface area (Å²) in [6.07, 6.45) is 4.72. The first-order valence-corrected chi connectivity index (χ1v) is 9.51. The van der Waals surface area contributed by atoms with Crippen LogP contribution in [0, 0.1) is 0 Å². The molecule has 2 atom stereocenters. The molecule has 6 nitrogen and oxygen atoms in total. The SMILES string of the molecule is CCC1CN(Cc2csc(-c3cnn(C)c3)n2)CCN1CC(C)O. The molecule has 2 aromatic heterocycles. The fraction of sp³-hybridized carbons (Fsp3) is 0.647. The monoisotopic (exact) mass is 349 g/mol. The number of hydrogen-bond acceptors (Lipinski definition) is 6. The summed E-state index contributed by atoms with van der Waals surface area (Å²) in [6.45, 7) is 8.86. The molecule has 0 aliphatic carbocycles. The predicted molar refractivity (Wildman–Crippen MR) is 96.9 cm³/mol. The van der Waals surface area contributed by atoms with E-state index in [1.54, 1.807) is 11.3 Å². The van der Waals surface area contributed by atoms with Crippen LogP contribution in [0.5, 0.6) is 0 Å². The minimum absolute atomic E-state index is 0.258. The number of nitrogens with zero attached hydrogens (tertiary/aromatic N) is 5. The van der Waals surface area contributed by atoms with Gasteiger partial charge in [-0.25, -0.2) is 4.98 Å². The van der Waals surface area contributed by atoms with Gasteiger partial charge in [-0.1, -0.05) is 6.92 Å². The summed E-state index contributed by atoms with van der Waals surface area (Å²) < 4.78 is 1.81. The molecule has 0 aromatic carbocycles. The average molecular weight is 350 g/mol. The molecule has 1 N–H and O–H groups in total. The van der Waals surface area contributed by atoms with Crippen molar-refractivity contribution >= 4 is 11.3 Å². The molecule has 1 aliphatic rings. The van der Waals surface area contributed by atoms with E-state index in [1.165, 1.54) is 0 Å². The average Bonchev–Trinajstić information content (AvgIpc) is 3.17. The summed E-state index contributed by atoms with van der Waals surface area (Å²) in [6, 6.07) is 0.518. The minimum Gasteiger partial charge on any atom is -0.392 e. The van der Waals surface area contributed by atoms with Gasteiger partial charge in [0.1, 0.15) is 5.01 Å². The fourth-order valence-corrected chi connectivity index (χ4v) is 4.13. The largest absolute Gasteiger partial charge is 0.392 e. The van der Waals surface area contributed by atoms with Gasteiger partial charge in [0, 0.05) is 63.0 Å². The highest BCUT2D eigenvalue weighted by atomic mass is 32.1. The first kappa shape index (κ1) is 17.5. The second kappa shape index (κ2) is 7.74. The summed E-state index contributed by atoms with van der Waals surface area (Å²) in [5, 5.41) is 17.1. The van der Waals surface area contributed by atoms with Crippen LogP contribution in [0.2, 0.25) is 0 Å². The van der Waals surface area contributed by atoms with Gasteiger partial charge < -0.3 is 5.11 Å². The Bertz CT molecular complexity index is 653. The van der Waals surface area contributed by atoms with Gasteiger partial charge in [0.25, 0.3) is 0 Å². The number of piperazine rings is 1. The van der Waals surface area contributed by atoms with Crippen LogP contribution < -0.4 is 0 Å². The molecule has 2 aromatic rings. The van der Waals surface area contributed by atoms with Crippen molar-refractivity contribution < 1.29 is 5.11 Å². The molecule has 24 heavy (non-hydrogen) atoms. The maximum absolute atomic E-state index is 9.66. The highest BCUT2D eigenvalue weighted by molar-refractivity contribution is 7.13. The molecule has 2 unspecified atom stereocenters. The van der Waals surface area contributed by atoms with Gasteiger partial charge >= 0.3 is 0 Å². The molecule has 1 fully saturated rings. The Morgan fingerprint density at radius 1 is 1.42 bits per heavy atom. The normalized spacial score (nSPS) is 21.2. The lowest BCUT2D eigenvalue weighted by molar-refractivity contribution is 0.0334. The molecule has 3 heterocycles. The number of β-amino-alcohol motifs (C(OH)–C–C–N with tert-alkyl or cyclic N) is 1. The van der Waals surface area contributed by atoms with Gasteiger partial charge in [0.15, 0.2) is 0 Å². The van der Waals surface area contributed by atoms with Crippen molar-refractivity contribution in [3.05, 3.63) is 23.5 Å². The Hall–Kier alpha value is -1.28. The van der Waals surface area contributed by atoms with E-state index in [-0.39, 0.29) is 6.10 Å². The van der Waals surface area contributed by atoms with Gasteiger partial charge in [-0.2, -0.15) is 5.10 Å². The van der Waals surface area contributed by atoms with E-state index >= 15 is 0 Å². The van der Waals surface area contributed by atoms with Crippen LogP contribution >= 0.6 is 11.3 Å². The van der Waals surface area contributed by atoms with Crippen molar-refractivity contribution in [2.75, 3.05) is 26.2 Å². The minimum atomic E-state index is -0.258. The van der Waals surface area contributed by atoms with Crippen LogP contribution in [0.1, 0.15) is 26.0 Å². The highest BCUT2D eigenvalue weighted by Crippen LogP contribution is 2.24. The third kappa shape index (κ3) is 4.22. The van der Waals surface area contributed by atoms with Gasteiger partial charge in [-0.05, 0) is 13.3 Å². The number of thiazole rings is 1.